The van der Waals surface area contributed by atoms with E-state index in [-0.39, 0.29) is 83.9 Å². The maximum atomic E-state index is 10.1. The third kappa shape index (κ3) is 15.6. The van der Waals surface area contributed by atoms with E-state index in [2.05, 4.69) is 408 Å². The van der Waals surface area contributed by atoms with Crippen LogP contribution in [-0.4, -0.2) is 11.3 Å². The number of hydrogen-bond donors (Lipinski definition) is 0. The van der Waals surface area contributed by atoms with Crippen molar-refractivity contribution in [3.63, 3.8) is 0 Å². The summed E-state index contributed by atoms with van der Waals surface area (Å²) in [5, 5.41) is 0.0386. The molecule has 0 spiro atoms. The summed E-state index contributed by atoms with van der Waals surface area (Å²) in [5.41, 5.74) is 30.2. The molecule has 0 aliphatic carbocycles. The summed E-state index contributed by atoms with van der Waals surface area (Å²) in [6, 6.07) is 65.7. The number of para-hydroxylation sites is 2. The van der Waals surface area contributed by atoms with Crippen LogP contribution in [0.2, 0.25) is 0 Å². The van der Waals surface area contributed by atoms with Crippen molar-refractivity contribution >= 4 is 79.0 Å². The maximum absolute atomic E-state index is 10.1. The molecule has 0 atom stereocenters. The fraction of sp³-hybridized carbons (Fsp3) is 0.379. The van der Waals surface area contributed by atoms with E-state index < -0.39 is 52.5 Å². The maximum Gasteiger partial charge on any atom is 0.252 e. The lowest BCUT2D eigenvalue weighted by Gasteiger charge is -2.47. The fourth-order valence-electron chi connectivity index (χ4n) is 18.1. The van der Waals surface area contributed by atoms with Gasteiger partial charge in [-0.25, -0.2) is 0 Å². The highest BCUT2D eigenvalue weighted by Gasteiger charge is 2.48. The van der Waals surface area contributed by atoms with Gasteiger partial charge in [0, 0.05) is 61.5 Å². The molecule has 0 saturated heterocycles. The third-order valence-corrected chi connectivity index (χ3v) is 25.7. The molecule has 4 heteroatoms. The van der Waals surface area contributed by atoms with Crippen LogP contribution in [0.15, 0.2) is 224 Å². The van der Waals surface area contributed by atoms with E-state index in [4.69, 9.17) is 0 Å². The second-order valence-corrected chi connectivity index (χ2v) is 46.4. The second kappa shape index (κ2) is 28.9. The van der Waals surface area contributed by atoms with Crippen LogP contribution >= 0.6 is 0 Å². The highest BCUT2D eigenvalue weighted by molar-refractivity contribution is 7.00. The Morgan fingerprint density at radius 3 is 0.950 bits per heavy atom. The van der Waals surface area contributed by atoms with Crippen LogP contribution in [-0.2, 0) is 59.6 Å². The molecule has 2 aliphatic rings. The summed E-state index contributed by atoms with van der Waals surface area (Å²) in [5.74, 6) is 0. The third-order valence-electron chi connectivity index (χ3n) is 25.7. The first kappa shape index (κ1) is 75.1. The number of hydrogen-bond acceptors (Lipinski definition) is 2. The molecule has 3 nitrogen and oxygen atoms in total. The van der Waals surface area contributed by atoms with Gasteiger partial charge >= 0.3 is 0 Å². The smallest absolute Gasteiger partial charge is 0.252 e. The largest absolute Gasteiger partial charge is 0.310 e. The van der Waals surface area contributed by atoms with Crippen molar-refractivity contribution in [3.8, 4) is 61.3 Å². The van der Waals surface area contributed by atoms with Gasteiger partial charge in [-0.15, -0.1) is 0 Å². The van der Waals surface area contributed by atoms with E-state index >= 15 is 0 Å². The lowest BCUT2D eigenvalue weighted by atomic mass is 9.33. The predicted molar refractivity (Wildman–Crippen MR) is 528 cm³/mol. The number of nitrogens with zero attached hydrogens (tertiary/aromatic N) is 3. The number of fused-ring (bicyclic) bond motifs is 7. The van der Waals surface area contributed by atoms with Crippen molar-refractivity contribution < 1.29 is 11.0 Å². The molecular formula is C116H136BN3. The molecule has 3 heterocycles. The summed E-state index contributed by atoms with van der Waals surface area (Å²) in [4.78, 5) is 5.31. The molecule has 0 saturated carbocycles. The molecule has 618 valence electrons. The van der Waals surface area contributed by atoms with Crippen molar-refractivity contribution in [2.24, 2.45) is 0 Å². The van der Waals surface area contributed by atoms with Crippen LogP contribution in [0.4, 0.5) is 34.1 Å². The van der Waals surface area contributed by atoms with Crippen LogP contribution in [0.1, 0.15) is 301 Å². The minimum Gasteiger partial charge on any atom is -0.310 e. The zero-order valence-electron chi connectivity index (χ0n) is 86.7. The molecule has 2 aliphatic heterocycles. The Kier molecular flexibility index (Phi) is 18.1. The Labute approximate surface area is 734 Å². The van der Waals surface area contributed by atoms with E-state index in [1.807, 2.05) is 6.07 Å². The monoisotopic (exact) mass is 1590 g/mol. The predicted octanol–water partition coefficient (Wildman–Crippen LogP) is 31.5. The summed E-state index contributed by atoms with van der Waals surface area (Å²) in [6.07, 6.45) is 0. The molecule has 12 aromatic carbocycles. The second-order valence-electron chi connectivity index (χ2n) is 46.4. The van der Waals surface area contributed by atoms with E-state index in [0.29, 0.717) is 5.69 Å². The zero-order valence-corrected chi connectivity index (χ0v) is 78.7. The molecule has 0 N–H and O–H groups in total. The molecule has 0 radical (unpaired) electrons. The topological polar surface area (TPSA) is 11.4 Å². The minimum atomic E-state index is -0.537. The van der Waals surface area contributed by atoms with Gasteiger partial charge in [0.25, 0.3) is 6.71 Å². The van der Waals surface area contributed by atoms with Crippen molar-refractivity contribution in [1.82, 2.24) is 4.57 Å². The molecule has 0 unspecified atom stereocenters. The van der Waals surface area contributed by atoms with Gasteiger partial charge in [-0.3, -0.25) is 0 Å². The molecule has 0 bridgehead atoms. The molecule has 1 aromatic heterocycles. The van der Waals surface area contributed by atoms with Gasteiger partial charge in [-0.1, -0.05) is 386 Å². The molecule has 0 fully saturated rings. The lowest BCUT2D eigenvalue weighted by Crippen LogP contribution is -2.61. The van der Waals surface area contributed by atoms with Gasteiger partial charge < -0.3 is 14.4 Å². The van der Waals surface area contributed by atoms with E-state index in [9.17, 15) is 11.0 Å². The molecule has 13 aromatic rings. The summed E-state index contributed by atoms with van der Waals surface area (Å²) >= 11 is 0. The van der Waals surface area contributed by atoms with Crippen molar-refractivity contribution in [2.75, 3.05) is 9.80 Å². The van der Waals surface area contributed by atoms with E-state index in [0.717, 1.165) is 117 Å². The Hall–Kier alpha value is -9.90. The first-order chi connectivity index (χ1) is 58.8. The highest BCUT2D eigenvalue weighted by atomic mass is 15.2. The number of anilines is 6. The van der Waals surface area contributed by atoms with Gasteiger partial charge in [-0.2, -0.15) is 0 Å². The van der Waals surface area contributed by atoms with Gasteiger partial charge in [0.05, 0.1) is 33.4 Å². The van der Waals surface area contributed by atoms with Gasteiger partial charge in [0.15, 0.2) is 0 Å². The van der Waals surface area contributed by atoms with Crippen molar-refractivity contribution in [3.05, 3.63) is 285 Å². The Morgan fingerprint density at radius 1 is 0.250 bits per heavy atom. The molecule has 120 heavy (non-hydrogen) atoms. The van der Waals surface area contributed by atoms with Gasteiger partial charge in [0.2, 0.25) is 0 Å². The SMILES string of the molecule is [2H]c1c([2H])c([2H])c2c(c1[2H])c1c([2H])c([2H])c([2H])c([2H])c1n2-c1ccc2c(c1)N(c1c(-c3ccc(C(C)(C)C)cc3)cc(C(C)(C)C)cc1-c1c(C(C)(C)C)cccc1C(C)(C)C)c1cc(C(C)(C)C)cc3c1B2c1ccc(-c2cc(C(C)(C)C)cc(C(C)(C)C)c2)cc1N3c1c(-c2ccc(C(C)(C)C)cc2)cc(C(C)(C)C)cc1-c1cc(C(C)(C)C)cc(C(C)(C)C)c1. The average molecular weight is 1590 g/mol. The van der Waals surface area contributed by atoms with E-state index in [1.165, 1.54) is 50.1 Å². The Morgan fingerprint density at radius 2 is 0.567 bits per heavy atom. The average Bonchev–Trinajstić information content (AvgIpc) is 0.923. The number of rotatable bonds is 8. The van der Waals surface area contributed by atoms with Crippen LogP contribution in [0.5, 0.6) is 0 Å². The van der Waals surface area contributed by atoms with Crippen molar-refractivity contribution in [2.45, 2.75) is 288 Å². The minimum absolute atomic E-state index is 0.0193. The first-order valence-electron chi connectivity index (χ1n) is 47.9. The molecular weight excluding hydrogens is 1450 g/mol. The summed E-state index contributed by atoms with van der Waals surface area (Å²) in [7, 11) is 0. The highest BCUT2D eigenvalue weighted by Crippen LogP contribution is 2.58. The van der Waals surface area contributed by atoms with Crippen LogP contribution in [0.25, 0.3) is 83.1 Å². The Bertz CT molecular complexity index is 6540. The van der Waals surface area contributed by atoms with Gasteiger partial charge in [-0.05, 0) is 237 Å². The molecule has 15 rings (SSSR count). The van der Waals surface area contributed by atoms with Crippen LogP contribution in [0, 0.1) is 0 Å². The summed E-state index contributed by atoms with van der Waals surface area (Å²) in [6.45, 7) is 76.3. The van der Waals surface area contributed by atoms with Crippen molar-refractivity contribution in [1.29, 1.82) is 0 Å². The van der Waals surface area contributed by atoms with Gasteiger partial charge in [0.1, 0.15) is 0 Å². The van der Waals surface area contributed by atoms with Crippen LogP contribution in [0.3, 0.4) is 0 Å². The van der Waals surface area contributed by atoms with Crippen LogP contribution < -0.4 is 26.2 Å². The first-order valence-corrected chi connectivity index (χ1v) is 43.9. The number of aromatic nitrogens is 1. The van der Waals surface area contributed by atoms with E-state index in [1.54, 1.807) is 4.57 Å². The lowest BCUT2D eigenvalue weighted by molar-refractivity contribution is 0.568. The number of benzene rings is 12. The normalized spacial score (nSPS) is 14.9. The Balaban J connectivity index is 1.25. The summed E-state index contributed by atoms with van der Waals surface area (Å²) < 4.78 is 79.2. The fourth-order valence-corrected chi connectivity index (χ4v) is 18.1. The molecule has 0 amide bonds. The standard InChI is InChI=1S/C116H136BN3/c1-106(2,3)76-50-45-71(46-51-76)88-64-82(112(19,20)21)66-90(75-59-80(110(13,14)15)63-81(60-75)111(16,17)18)104(88)119-98-61-73(74-57-78(108(7,8)9)62-79(58-74)109(10,11)12)49-55-94(98)117-95-56-54-85(118-96-43-36-34-39-86(96)87-40-35-37-44-97(87)118)70-99(95)120(101-69-84(114(25,26)27)68-100(119)103(101)117)105-89(72-47-52-77(53-48-72)107(4,5)6)65-83(113(22,23)24)67-91(105)102-92(115(28,29)30)41-38-42-93(102)116(31,32)33/h34-70H,1-33H3/i34D,35D,36D,37D,39D,40D,43D,44D. The zero-order chi connectivity index (χ0) is 94.1. The quantitative estimate of drug-likeness (QED) is 0.141.